The van der Waals surface area contributed by atoms with Crippen LogP contribution in [-0.2, 0) is 9.53 Å². The van der Waals surface area contributed by atoms with Gasteiger partial charge in [-0.15, -0.1) is 0 Å². The molecule has 4 heteroatoms. The third-order valence-corrected chi connectivity index (χ3v) is 4.66. The van der Waals surface area contributed by atoms with E-state index < -0.39 is 0 Å². The zero-order valence-corrected chi connectivity index (χ0v) is 14.3. The quantitative estimate of drug-likeness (QED) is 0.583. The number of esters is 1. The van der Waals surface area contributed by atoms with Crippen LogP contribution in [0.2, 0.25) is 5.02 Å². The van der Waals surface area contributed by atoms with Crippen LogP contribution < -0.4 is 0 Å². The number of rotatable bonds is 6. The summed E-state index contributed by atoms with van der Waals surface area (Å²) < 4.78 is 5.52. The first-order valence-electron chi connectivity index (χ1n) is 8.22. The van der Waals surface area contributed by atoms with Crippen LogP contribution in [0.25, 0.3) is 0 Å². The van der Waals surface area contributed by atoms with Gasteiger partial charge >= 0.3 is 5.97 Å². The molecule has 0 aliphatic carbocycles. The molecule has 2 atom stereocenters. The molecule has 0 radical (unpaired) electrons. The Morgan fingerprint density at radius 3 is 2.73 bits per heavy atom. The molecule has 0 saturated carbocycles. The van der Waals surface area contributed by atoms with E-state index in [0.29, 0.717) is 6.61 Å². The number of likely N-dealkylation sites (tertiary alicyclic amines) is 1. The minimum Gasteiger partial charge on any atom is -0.465 e. The summed E-state index contributed by atoms with van der Waals surface area (Å²) in [7, 11) is 2.06. The average Bonchev–Trinajstić information content (AvgIpc) is 2.52. The number of hydrogen-bond donors (Lipinski definition) is 0. The second-order valence-corrected chi connectivity index (χ2v) is 6.63. The Labute approximate surface area is 138 Å². The summed E-state index contributed by atoms with van der Waals surface area (Å²) in [4.78, 5) is 14.7. The molecule has 1 aliphatic rings. The highest BCUT2D eigenvalue weighted by Crippen LogP contribution is 2.34. The third kappa shape index (κ3) is 4.72. The fourth-order valence-corrected chi connectivity index (χ4v) is 3.22. The van der Waals surface area contributed by atoms with E-state index in [1.165, 1.54) is 5.56 Å². The highest BCUT2D eigenvalue weighted by Gasteiger charge is 2.35. The highest BCUT2D eigenvalue weighted by atomic mass is 35.5. The molecule has 0 N–H and O–H groups in total. The molecule has 1 heterocycles. The molecule has 0 spiro atoms. The number of halogens is 1. The van der Waals surface area contributed by atoms with Crippen molar-refractivity contribution in [1.29, 1.82) is 0 Å². The Morgan fingerprint density at radius 1 is 1.32 bits per heavy atom. The standard InChI is InChI=1S/C18H26ClNO2/c1-3-4-5-12-22-18(21)17-13-20(2)11-10-16(17)14-6-8-15(19)9-7-14/h6-9,16-17H,3-5,10-13H2,1-2H3/t16-,17+/m1/s1. The predicted molar refractivity (Wildman–Crippen MR) is 90.3 cm³/mol. The fraction of sp³-hybridized carbons (Fsp3) is 0.611. The minimum atomic E-state index is -0.0819. The largest absolute Gasteiger partial charge is 0.465 e. The van der Waals surface area contributed by atoms with Crippen molar-refractivity contribution in [2.45, 2.75) is 38.5 Å². The smallest absolute Gasteiger partial charge is 0.310 e. The van der Waals surface area contributed by atoms with E-state index in [2.05, 4.69) is 18.9 Å². The van der Waals surface area contributed by atoms with E-state index in [4.69, 9.17) is 16.3 Å². The van der Waals surface area contributed by atoms with Crippen molar-refractivity contribution >= 4 is 17.6 Å². The van der Waals surface area contributed by atoms with E-state index in [9.17, 15) is 4.79 Å². The third-order valence-electron chi connectivity index (χ3n) is 4.41. The maximum atomic E-state index is 12.5. The lowest BCUT2D eigenvalue weighted by atomic mass is 9.80. The summed E-state index contributed by atoms with van der Waals surface area (Å²) in [6.07, 6.45) is 4.18. The molecule has 22 heavy (non-hydrogen) atoms. The number of carbonyl (C=O) groups excluding carboxylic acids is 1. The monoisotopic (exact) mass is 323 g/mol. The lowest BCUT2D eigenvalue weighted by Gasteiger charge is -2.35. The summed E-state index contributed by atoms with van der Waals surface area (Å²) in [6, 6.07) is 7.88. The number of ether oxygens (including phenoxy) is 1. The van der Waals surface area contributed by atoms with Crippen molar-refractivity contribution in [3.8, 4) is 0 Å². The van der Waals surface area contributed by atoms with Crippen molar-refractivity contribution in [2.24, 2.45) is 5.92 Å². The fourth-order valence-electron chi connectivity index (χ4n) is 3.09. The first kappa shape index (κ1) is 17.3. The maximum Gasteiger partial charge on any atom is 0.310 e. The van der Waals surface area contributed by atoms with E-state index >= 15 is 0 Å². The zero-order valence-electron chi connectivity index (χ0n) is 13.6. The summed E-state index contributed by atoms with van der Waals surface area (Å²) in [5, 5.41) is 0.732. The highest BCUT2D eigenvalue weighted by molar-refractivity contribution is 6.30. The molecule has 1 aromatic carbocycles. The SMILES string of the molecule is CCCCCOC(=O)[C@H]1CN(C)CC[C@@H]1c1ccc(Cl)cc1. The van der Waals surface area contributed by atoms with Crippen LogP contribution in [0.15, 0.2) is 24.3 Å². The van der Waals surface area contributed by atoms with Crippen molar-refractivity contribution in [1.82, 2.24) is 4.90 Å². The Morgan fingerprint density at radius 2 is 2.05 bits per heavy atom. The molecule has 3 nitrogen and oxygen atoms in total. The summed E-state index contributed by atoms with van der Waals surface area (Å²) in [6.45, 7) is 4.46. The van der Waals surface area contributed by atoms with Crippen LogP contribution in [-0.4, -0.2) is 37.6 Å². The van der Waals surface area contributed by atoms with Gasteiger partial charge in [0.25, 0.3) is 0 Å². The molecule has 1 saturated heterocycles. The van der Waals surface area contributed by atoms with Gasteiger partial charge in [0.15, 0.2) is 0 Å². The molecule has 1 aliphatic heterocycles. The van der Waals surface area contributed by atoms with Crippen LogP contribution >= 0.6 is 11.6 Å². The number of hydrogen-bond acceptors (Lipinski definition) is 3. The van der Waals surface area contributed by atoms with Gasteiger partial charge in [0.1, 0.15) is 0 Å². The molecule has 1 aromatic rings. The van der Waals surface area contributed by atoms with Crippen molar-refractivity contribution in [3.63, 3.8) is 0 Å². The number of unbranched alkanes of at least 4 members (excludes halogenated alkanes) is 2. The van der Waals surface area contributed by atoms with Gasteiger partial charge in [-0.3, -0.25) is 4.79 Å². The molecule has 1 fully saturated rings. The predicted octanol–water partition coefficient (Wildman–Crippen LogP) is 4.11. The summed E-state index contributed by atoms with van der Waals surface area (Å²) in [5.74, 6) is 0.0938. The van der Waals surface area contributed by atoms with Crippen LogP contribution in [0.3, 0.4) is 0 Å². The van der Waals surface area contributed by atoms with Gasteiger partial charge in [0.05, 0.1) is 12.5 Å². The van der Waals surface area contributed by atoms with Crippen LogP contribution in [0.4, 0.5) is 0 Å². The zero-order chi connectivity index (χ0) is 15.9. The van der Waals surface area contributed by atoms with Gasteiger partial charge in [0, 0.05) is 11.6 Å². The van der Waals surface area contributed by atoms with E-state index in [-0.39, 0.29) is 17.8 Å². The minimum absolute atomic E-state index is 0.0531. The number of nitrogens with zero attached hydrogens (tertiary/aromatic N) is 1. The van der Waals surface area contributed by atoms with E-state index in [1.54, 1.807) is 0 Å². The Balaban J connectivity index is 2.03. The van der Waals surface area contributed by atoms with Crippen molar-refractivity contribution in [3.05, 3.63) is 34.9 Å². The Kier molecular flexibility index (Phi) is 6.71. The molecule has 2 rings (SSSR count). The van der Waals surface area contributed by atoms with Crippen LogP contribution in [0.1, 0.15) is 44.1 Å². The van der Waals surface area contributed by atoms with Gasteiger partial charge < -0.3 is 9.64 Å². The molecule has 122 valence electrons. The molecule has 0 amide bonds. The maximum absolute atomic E-state index is 12.5. The molecule has 0 bridgehead atoms. The number of benzene rings is 1. The van der Waals surface area contributed by atoms with Crippen molar-refractivity contribution in [2.75, 3.05) is 26.7 Å². The van der Waals surface area contributed by atoms with Crippen LogP contribution in [0.5, 0.6) is 0 Å². The lowest BCUT2D eigenvalue weighted by Crippen LogP contribution is -2.41. The molecular weight excluding hydrogens is 298 g/mol. The molecular formula is C18H26ClNO2. The van der Waals surface area contributed by atoms with Crippen molar-refractivity contribution < 1.29 is 9.53 Å². The summed E-state index contributed by atoms with van der Waals surface area (Å²) >= 11 is 5.97. The normalized spacial score (nSPS) is 22.5. The van der Waals surface area contributed by atoms with E-state index in [0.717, 1.165) is 43.8 Å². The van der Waals surface area contributed by atoms with Crippen LogP contribution in [0, 0.1) is 5.92 Å². The van der Waals surface area contributed by atoms with Gasteiger partial charge in [-0.2, -0.15) is 0 Å². The van der Waals surface area contributed by atoms with Gasteiger partial charge in [0.2, 0.25) is 0 Å². The summed E-state index contributed by atoms with van der Waals surface area (Å²) in [5.41, 5.74) is 1.19. The number of piperidine rings is 1. The first-order valence-corrected chi connectivity index (χ1v) is 8.60. The molecule has 0 aromatic heterocycles. The van der Waals surface area contributed by atoms with Gasteiger partial charge in [-0.1, -0.05) is 43.5 Å². The van der Waals surface area contributed by atoms with Gasteiger partial charge in [-0.25, -0.2) is 0 Å². The van der Waals surface area contributed by atoms with E-state index in [1.807, 2.05) is 24.3 Å². The lowest BCUT2D eigenvalue weighted by molar-refractivity contribution is -0.151. The first-order chi connectivity index (χ1) is 10.6. The molecule has 0 unspecified atom stereocenters. The number of carbonyl (C=O) groups is 1. The van der Waals surface area contributed by atoms with Gasteiger partial charge in [-0.05, 0) is 50.0 Å². The topological polar surface area (TPSA) is 29.5 Å². The second kappa shape index (κ2) is 8.54. The Hall–Kier alpha value is -1.06. The second-order valence-electron chi connectivity index (χ2n) is 6.19. The average molecular weight is 324 g/mol. The Bertz CT molecular complexity index is 474.